The van der Waals surface area contributed by atoms with E-state index in [9.17, 15) is 9.59 Å². The highest BCUT2D eigenvalue weighted by molar-refractivity contribution is 5.90. The first-order chi connectivity index (χ1) is 12.5. The third-order valence-corrected chi connectivity index (χ3v) is 6.25. The minimum atomic E-state index is -0.407. The van der Waals surface area contributed by atoms with Gasteiger partial charge in [-0.05, 0) is 62.1 Å². The van der Waals surface area contributed by atoms with Gasteiger partial charge in [0, 0.05) is 18.7 Å². The molecule has 0 bridgehead atoms. The number of amides is 2. The molecule has 2 N–H and O–H groups in total. The van der Waals surface area contributed by atoms with Crippen LogP contribution in [0.2, 0.25) is 0 Å². The maximum atomic E-state index is 13.4. The second-order valence-corrected chi connectivity index (χ2v) is 8.33. The lowest BCUT2D eigenvalue weighted by atomic mass is 9.68. The van der Waals surface area contributed by atoms with Crippen molar-refractivity contribution in [2.75, 3.05) is 5.32 Å². The molecule has 2 aliphatic rings. The van der Waals surface area contributed by atoms with Crippen LogP contribution in [0.5, 0.6) is 0 Å². The van der Waals surface area contributed by atoms with Crippen molar-refractivity contribution in [1.29, 1.82) is 0 Å². The van der Waals surface area contributed by atoms with Crippen LogP contribution in [-0.4, -0.2) is 17.9 Å². The van der Waals surface area contributed by atoms with Gasteiger partial charge in [-0.3, -0.25) is 9.59 Å². The highest BCUT2D eigenvalue weighted by Gasteiger charge is 2.41. The minimum Gasteiger partial charge on any atom is -0.353 e. The highest BCUT2D eigenvalue weighted by atomic mass is 16.2. The zero-order chi connectivity index (χ0) is 18.6. The molecule has 1 aromatic carbocycles. The van der Waals surface area contributed by atoms with Gasteiger partial charge < -0.3 is 10.6 Å². The number of anilines is 1. The topological polar surface area (TPSA) is 58.2 Å². The quantitative estimate of drug-likeness (QED) is 0.832. The number of hydrogen-bond donors (Lipinski definition) is 2. The summed E-state index contributed by atoms with van der Waals surface area (Å²) >= 11 is 0. The average Bonchev–Trinajstić information content (AvgIpc) is 2.64. The van der Waals surface area contributed by atoms with Crippen molar-refractivity contribution in [3.8, 4) is 0 Å². The predicted octanol–water partition coefficient (Wildman–Crippen LogP) is 4.54. The Morgan fingerprint density at radius 3 is 2.15 bits per heavy atom. The summed E-state index contributed by atoms with van der Waals surface area (Å²) in [5, 5.41) is 6.19. The summed E-state index contributed by atoms with van der Waals surface area (Å²) < 4.78 is 0. The molecule has 0 heterocycles. The van der Waals surface area contributed by atoms with E-state index < -0.39 is 5.41 Å². The van der Waals surface area contributed by atoms with Gasteiger partial charge in [0.25, 0.3) is 0 Å². The molecule has 4 nitrogen and oxygen atoms in total. The molecule has 0 atom stereocenters. The van der Waals surface area contributed by atoms with Gasteiger partial charge in [0.1, 0.15) is 0 Å². The van der Waals surface area contributed by atoms with Gasteiger partial charge in [-0.2, -0.15) is 0 Å². The molecule has 0 spiro atoms. The Balaban J connectivity index is 1.77. The van der Waals surface area contributed by atoms with E-state index in [4.69, 9.17) is 0 Å². The molecule has 0 radical (unpaired) electrons. The SMILES string of the molecule is CC(=O)Nc1ccc(C2(C(=O)NC3CCC(C)CC3)CCCCC2)cc1. The molecule has 1 aromatic rings. The Morgan fingerprint density at radius 2 is 1.58 bits per heavy atom. The Hall–Kier alpha value is -1.84. The monoisotopic (exact) mass is 356 g/mol. The Labute approximate surface area is 157 Å². The Morgan fingerprint density at radius 1 is 0.962 bits per heavy atom. The van der Waals surface area contributed by atoms with Crippen LogP contribution in [0.4, 0.5) is 5.69 Å². The second-order valence-electron chi connectivity index (χ2n) is 8.33. The van der Waals surface area contributed by atoms with Crippen molar-refractivity contribution in [2.24, 2.45) is 5.92 Å². The third-order valence-electron chi connectivity index (χ3n) is 6.25. The van der Waals surface area contributed by atoms with E-state index in [-0.39, 0.29) is 11.8 Å². The van der Waals surface area contributed by atoms with E-state index in [0.717, 1.165) is 55.7 Å². The lowest BCUT2D eigenvalue weighted by Gasteiger charge is -2.38. The molecule has 2 amide bonds. The fraction of sp³-hybridized carbons (Fsp3) is 0.636. The molecule has 4 heteroatoms. The molecule has 26 heavy (non-hydrogen) atoms. The summed E-state index contributed by atoms with van der Waals surface area (Å²) in [4.78, 5) is 24.6. The summed E-state index contributed by atoms with van der Waals surface area (Å²) in [6.45, 7) is 3.81. The number of nitrogens with one attached hydrogen (secondary N) is 2. The molecular weight excluding hydrogens is 324 g/mol. The van der Waals surface area contributed by atoms with E-state index >= 15 is 0 Å². The fourth-order valence-electron chi connectivity index (χ4n) is 4.61. The normalized spacial score (nSPS) is 25.3. The number of rotatable bonds is 4. The predicted molar refractivity (Wildman–Crippen MR) is 105 cm³/mol. The van der Waals surface area contributed by atoms with Gasteiger partial charge in [-0.1, -0.05) is 38.3 Å². The number of carbonyl (C=O) groups is 2. The van der Waals surface area contributed by atoms with Gasteiger partial charge in [0.2, 0.25) is 11.8 Å². The van der Waals surface area contributed by atoms with E-state index in [1.165, 1.54) is 26.2 Å². The summed E-state index contributed by atoms with van der Waals surface area (Å²) in [5.41, 5.74) is 1.47. The average molecular weight is 357 g/mol. The van der Waals surface area contributed by atoms with E-state index in [0.29, 0.717) is 6.04 Å². The van der Waals surface area contributed by atoms with Crippen LogP contribution in [0, 0.1) is 5.92 Å². The Kier molecular flexibility index (Phi) is 6.00. The van der Waals surface area contributed by atoms with Crippen LogP contribution in [0.25, 0.3) is 0 Å². The maximum Gasteiger partial charge on any atom is 0.230 e. The van der Waals surface area contributed by atoms with E-state index in [1.54, 1.807) is 0 Å². The van der Waals surface area contributed by atoms with Crippen LogP contribution < -0.4 is 10.6 Å². The first kappa shape index (κ1) is 18.9. The highest BCUT2D eigenvalue weighted by Crippen LogP contribution is 2.40. The van der Waals surface area contributed by atoms with Crippen molar-refractivity contribution < 1.29 is 9.59 Å². The molecule has 142 valence electrons. The first-order valence-electron chi connectivity index (χ1n) is 10.2. The number of benzene rings is 1. The zero-order valence-electron chi connectivity index (χ0n) is 16.1. The maximum absolute atomic E-state index is 13.4. The van der Waals surface area contributed by atoms with E-state index in [2.05, 4.69) is 17.6 Å². The molecule has 0 unspecified atom stereocenters. The second kappa shape index (κ2) is 8.24. The van der Waals surface area contributed by atoms with Crippen LogP contribution in [0.3, 0.4) is 0 Å². The molecular formula is C22H32N2O2. The third kappa shape index (κ3) is 4.28. The van der Waals surface area contributed by atoms with Crippen molar-refractivity contribution in [3.63, 3.8) is 0 Å². The smallest absolute Gasteiger partial charge is 0.230 e. The van der Waals surface area contributed by atoms with Crippen molar-refractivity contribution >= 4 is 17.5 Å². The molecule has 2 aliphatic carbocycles. The lowest BCUT2D eigenvalue weighted by molar-refractivity contribution is -0.129. The Bertz CT molecular complexity index is 624. The molecule has 0 aromatic heterocycles. The largest absolute Gasteiger partial charge is 0.353 e. The van der Waals surface area contributed by atoms with Crippen LogP contribution in [0.1, 0.15) is 77.2 Å². The fourth-order valence-corrected chi connectivity index (χ4v) is 4.61. The van der Waals surface area contributed by atoms with Crippen molar-refractivity contribution in [1.82, 2.24) is 5.32 Å². The van der Waals surface area contributed by atoms with Gasteiger partial charge in [-0.15, -0.1) is 0 Å². The summed E-state index contributed by atoms with van der Waals surface area (Å²) in [5.74, 6) is 0.923. The number of hydrogen-bond acceptors (Lipinski definition) is 2. The van der Waals surface area contributed by atoms with Gasteiger partial charge in [-0.25, -0.2) is 0 Å². The van der Waals surface area contributed by atoms with Crippen molar-refractivity contribution in [3.05, 3.63) is 29.8 Å². The summed E-state index contributed by atoms with van der Waals surface area (Å²) in [6, 6.07) is 8.22. The van der Waals surface area contributed by atoms with Crippen LogP contribution in [-0.2, 0) is 15.0 Å². The molecule has 0 aliphatic heterocycles. The first-order valence-corrected chi connectivity index (χ1v) is 10.2. The standard InChI is InChI=1S/C22H32N2O2/c1-16-6-10-20(11-7-16)24-21(26)22(14-4-3-5-15-22)18-8-12-19(13-9-18)23-17(2)25/h8-9,12-13,16,20H,3-7,10-11,14-15H2,1-2H3,(H,23,25)(H,24,26). The summed E-state index contributed by atoms with van der Waals surface area (Å²) in [6.07, 6.45) is 9.87. The van der Waals surface area contributed by atoms with Gasteiger partial charge in [0.05, 0.1) is 5.41 Å². The minimum absolute atomic E-state index is 0.0746. The lowest BCUT2D eigenvalue weighted by Crippen LogP contribution is -2.50. The van der Waals surface area contributed by atoms with Gasteiger partial charge >= 0.3 is 0 Å². The number of carbonyl (C=O) groups excluding carboxylic acids is 2. The van der Waals surface area contributed by atoms with Crippen LogP contribution in [0.15, 0.2) is 24.3 Å². The molecule has 3 rings (SSSR count). The molecule has 2 fully saturated rings. The summed E-state index contributed by atoms with van der Waals surface area (Å²) in [7, 11) is 0. The van der Waals surface area contributed by atoms with Gasteiger partial charge in [0.15, 0.2) is 0 Å². The van der Waals surface area contributed by atoms with Crippen molar-refractivity contribution in [2.45, 2.75) is 83.1 Å². The van der Waals surface area contributed by atoms with E-state index in [1.807, 2.05) is 24.3 Å². The molecule has 0 saturated heterocycles. The molecule has 2 saturated carbocycles. The van der Waals surface area contributed by atoms with Crippen LogP contribution >= 0.6 is 0 Å². The zero-order valence-corrected chi connectivity index (χ0v) is 16.1.